The van der Waals surface area contributed by atoms with Crippen LogP contribution in [0.1, 0.15) is 71.1 Å². The van der Waals surface area contributed by atoms with Crippen molar-refractivity contribution in [3.8, 4) is 0 Å². The van der Waals surface area contributed by atoms with Gasteiger partial charge in [-0.05, 0) is 51.5 Å². The lowest BCUT2D eigenvalue weighted by Gasteiger charge is -2.40. The topological polar surface area (TPSA) is 73.0 Å². The number of likely N-dealkylation sites (tertiary alicyclic amines) is 2. The highest BCUT2D eigenvalue weighted by Gasteiger charge is 2.54. The van der Waals surface area contributed by atoms with Crippen LogP contribution in [-0.2, 0) is 9.59 Å². The number of hydrogen-bond acceptors (Lipinski definition) is 4. The van der Waals surface area contributed by atoms with Crippen LogP contribution in [0.3, 0.4) is 0 Å². The largest absolute Gasteiger partial charge is 0.340 e. The molecule has 7 heteroatoms. The van der Waals surface area contributed by atoms with Crippen molar-refractivity contribution < 1.29 is 14.4 Å². The molecular formula is C22H36N4O3. The van der Waals surface area contributed by atoms with Gasteiger partial charge in [0.15, 0.2) is 0 Å². The summed E-state index contributed by atoms with van der Waals surface area (Å²) in [4.78, 5) is 44.9. The van der Waals surface area contributed by atoms with Crippen molar-refractivity contribution in [3.05, 3.63) is 0 Å². The molecule has 1 saturated carbocycles. The van der Waals surface area contributed by atoms with Gasteiger partial charge in [0, 0.05) is 32.1 Å². The van der Waals surface area contributed by atoms with Gasteiger partial charge in [0.05, 0.1) is 6.04 Å². The number of imide groups is 1. The molecule has 0 bridgehead atoms. The van der Waals surface area contributed by atoms with Gasteiger partial charge in [-0.1, -0.05) is 26.2 Å². The number of hydrogen-bond donors (Lipinski definition) is 1. The Balaban J connectivity index is 1.40. The van der Waals surface area contributed by atoms with Crippen molar-refractivity contribution in [1.29, 1.82) is 0 Å². The maximum atomic E-state index is 13.4. The lowest BCUT2D eigenvalue weighted by atomic mass is 9.86. The Kier molecular flexibility index (Phi) is 6.13. The highest BCUT2D eigenvalue weighted by molar-refractivity contribution is 6.07. The summed E-state index contributed by atoms with van der Waals surface area (Å²) >= 11 is 0. The predicted octanol–water partition coefficient (Wildman–Crippen LogP) is 2.35. The van der Waals surface area contributed by atoms with Crippen LogP contribution in [0.15, 0.2) is 0 Å². The SMILES string of the molecule is CCCN1CCC2(CC1)NC(=O)N(C1CCCN(C(=O)C3CCCCC3)C1)C2=O. The van der Waals surface area contributed by atoms with Crippen LogP contribution >= 0.6 is 0 Å². The first-order chi connectivity index (χ1) is 14.0. The molecule has 1 atom stereocenters. The number of amides is 4. The number of urea groups is 1. The van der Waals surface area contributed by atoms with E-state index >= 15 is 0 Å². The Labute approximate surface area is 174 Å². The smallest absolute Gasteiger partial charge is 0.325 e. The molecule has 0 aromatic carbocycles. The number of rotatable bonds is 4. The lowest BCUT2D eigenvalue weighted by Crippen LogP contribution is -2.56. The average molecular weight is 405 g/mol. The Morgan fingerprint density at radius 1 is 1.03 bits per heavy atom. The molecule has 0 aromatic rings. The van der Waals surface area contributed by atoms with Crippen molar-refractivity contribution in [1.82, 2.24) is 20.0 Å². The molecular weight excluding hydrogens is 368 g/mol. The van der Waals surface area contributed by atoms with E-state index in [1.807, 2.05) is 4.90 Å². The number of carbonyl (C=O) groups excluding carboxylic acids is 3. The summed E-state index contributed by atoms with van der Waals surface area (Å²) in [6.07, 6.45) is 9.61. The van der Waals surface area contributed by atoms with Crippen molar-refractivity contribution >= 4 is 17.8 Å². The van der Waals surface area contributed by atoms with Crippen LogP contribution in [0.5, 0.6) is 0 Å². The van der Waals surface area contributed by atoms with Gasteiger partial charge in [-0.2, -0.15) is 0 Å². The van der Waals surface area contributed by atoms with Gasteiger partial charge in [0.25, 0.3) is 5.91 Å². The van der Waals surface area contributed by atoms with Crippen LogP contribution in [0.2, 0.25) is 0 Å². The second-order valence-electron chi connectivity index (χ2n) is 9.44. The first kappa shape index (κ1) is 20.6. The average Bonchev–Trinajstić information content (AvgIpc) is 2.99. The van der Waals surface area contributed by atoms with Gasteiger partial charge in [0.2, 0.25) is 5.91 Å². The van der Waals surface area contributed by atoms with Crippen LogP contribution in [-0.4, -0.2) is 76.8 Å². The molecule has 4 amide bonds. The van der Waals surface area contributed by atoms with E-state index in [1.165, 1.54) is 11.3 Å². The summed E-state index contributed by atoms with van der Waals surface area (Å²) in [5.74, 6) is 0.319. The van der Waals surface area contributed by atoms with Gasteiger partial charge in [0.1, 0.15) is 5.54 Å². The van der Waals surface area contributed by atoms with Gasteiger partial charge >= 0.3 is 6.03 Å². The molecule has 4 rings (SSSR count). The molecule has 1 N–H and O–H groups in total. The second-order valence-corrected chi connectivity index (χ2v) is 9.44. The molecule has 7 nitrogen and oxygen atoms in total. The van der Waals surface area contributed by atoms with E-state index in [4.69, 9.17) is 0 Å². The van der Waals surface area contributed by atoms with E-state index in [1.54, 1.807) is 0 Å². The monoisotopic (exact) mass is 404 g/mol. The highest BCUT2D eigenvalue weighted by atomic mass is 16.2. The van der Waals surface area contributed by atoms with Gasteiger partial charge in [-0.15, -0.1) is 0 Å². The molecule has 162 valence electrons. The Morgan fingerprint density at radius 3 is 2.45 bits per heavy atom. The molecule has 1 aliphatic carbocycles. The minimum Gasteiger partial charge on any atom is -0.340 e. The number of nitrogens with one attached hydrogen (secondary N) is 1. The van der Waals surface area contributed by atoms with Crippen LogP contribution in [0.4, 0.5) is 4.79 Å². The van der Waals surface area contributed by atoms with E-state index < -0.39 is 5.54 Å². The fourth-order valence-electron chi connectivity index (χ4n) is 5.76. The molecule has 0 radical (unpaired) electrons. The molecule has 1 spiro atoms. The van der Waals surface area contributed by atoms with Crippen molar-refractivity contribution in [3.63, 3.8) is 0 Å². The minimum absolute atomic E-state index is 0.0596. The summed E-state index contributed by atoms with van der Waals surface area (Å²) in [5, 5.41) is 3.04. The zero-order chi connectivity index (χ0) is 20.4. The van der Waals surface area contributed by atoms with E-state index in [2.05, 4.69) is 17.1 Å². The third-order valence-electron chi connectivity index (χ3n) is 7.47. The molecule has 4 fully saturated rings. The Morgan fingerprint density at radius 2 is 1.76 bits per heavy atom. The third kappa shape index (κ3) is 4.03. The highest BCUT2D eigenvalue weighted by Crippen LogP contribution is 2.33. The number of carbonyl (C=O) groups is 3. The fraction of sp³-hybridized carbons (Fsp3) is 0.864. The quantitative estimate of drug-likeness (QED) is 0.730. The van der Waals surface area contributed by atoms with Gasteiger partial charge in [-0.25, -0.2) is 4.79 Å². The van der Waals surface area contributed by atoms with E-state index in [-0.39, 0.29) is 29.8 Å². The molecule has 3 heterocycles. The Hall–Kier alpha value is -1.63. The Bertz CT molecular complexity index is 638. The molecule has 29 heavy (non-hydrogen) atoms. The van der Waals surface area contributed by atoms with Crippen LogP contribution in [0, 0.1) is 5.92 Å². The summed E-state index contributed by atoms with van der Waals surface area (Å²) in [6.45, 7) is 6.18. The van der Waals surface area contributed by atoms with Crippen LogP contribution in [0.25, 0.3) is 0 Å². The van der Waals surface area contributed by atoms with Gasteiger partial charge < -0.3 is 15.1 Å². The van der Waals surface area contributed by atoms with Crippen molar-refractivity contribution in [2.24, 2.45) is 5.92 Å². The standard InChI is InChI=1S/C22H36N4O3/c1-2-12-24-14-10-22(11-15-24)20(28)26(21(29)23-22)18-9-6-13-25(16-18)19(27)17-7-4-3-5-8-17/h17-18H,2-16H2,1H3,(H,23,29). The van der Waals surface area contributed by atoms with Crippen molar-refractivity contribution in [2.75, 3.05) is 32.7 Å². The summed E-state index contributed by atoms with van der Waals surface area (Å²) < 4.78 is 0. The van der Waals surface area contributed by atoms with E-state index in [0.29, 0.717) is 19.4 Å². The maximum Gasteiger partial charge on any atom is 0.325 e. The molecule has 0 aromatic heterocycles. The molecule has 3 aliphatic heterocycles. The zero-order valence-corrected chi connectivity index (χ0v) is 17.8. The maximum absolute atomic E-state index is 13.4. The normalized spacial score (nSPS) is 28.8. The minimum atomic E-state index is -0.725. The second kappa shape index (κ2) is 8.62. The number of piperidine rings is 2. The zero-order valence-electron chi connectivity index (χ0n) is 17.8. The first-order valence-corrected chi connectivity index (χ1v) is 11.7. The summed E-state index contributed by atoms with van der Waals surface area (Å²) in [6, 6.07) is -0.437. The molecule has 4 aliphatic rings. The summed E-state index contributed by atoms with van der Waals surface area (Å²) in [5.41, 5.74) is -0.725. The van der Waals surface area contributed by atoms with Crippen molar-refractivity contribution in [2.45, 2.75) is 82.7 Å². The van der Waals surface area contributed by atoms with E-state index in [0.717, 1.165) is 71.1 Å². The summed E-state index contributed by atoms with van der Waals surface area (Å²) in [7, 11) is 0. The predicted molar refractivity (Wildman–Crippen MR) is 110 cm³/mol. The first-order valence-electron chi connectivity index (χ1n) is 11.7. The number of nitrogens with zero attached hydrogens (tertiary/aromatic N) is 3. The molecule has 1 unspecified atom stereocenters. The fourth-order valence-corrected chi connectivity index (χ4v) is 5.76. The van der Waals surface area contributed by atoms with E-state index in [9.17, 15) is 14.4 Å². The van der Waals surface area contributed by atoms with Gasteiger partial charge in [-0.3, -0.25) is 14.5 Å². The van der Waals surface area contributed by atoms with Crippen LogP contribution < -0.4 is 5.32 Å². The third-order valence-corrected chi connectivity index (χ3v) is 7.47. The lowest BCUT2D eigenvalue weighted by molar-refractivity contribution is -0.142. The molecule has 3 saturated heterocycles.